The van der Waals surface area contributed by atoms with Gasteiger partial charge in [-0.25, -0.2) is 0 Å². The normalized spacial score (nSPS) is 21.4. The van der Waals surface area contributed by atoms with Crippen LogP contribution in [0.3, 0.4) is 0 Å². The summed E-state index contributed by atoms with van der Waals surface area (Å²) in [7, 11) is 0. The number of fused-ring (bicyclic) bond motifs is 4. The third-order valence-corrected chi connectivity index (χ3v) is 6.68. The van der Waals surface area contributed by atoms with Gasteiger partial charge in [0.15, 0.2) is 0 Å². The van der Waals surface area contributed by atoms with E-state index in [0.29, 0.717) is 17.6 Å². The first-order valence-electron chi connectivity index (χ1n) is 10.9. The van der Waals surface area contributed by atoms with Crippen molar-refractivity contribution in [1.82, 2.24) is 0 Å². The van der Waals surface area contributed by atoms with Crippen molar-refractivity contribution in [2.24, 2.45) is 5.92 Å². The lowest BCUT2D eigenvalue weighted by atomic mass is 9.76. The number of rotatable bonds is 3. The SMILES string of the molecule is Oc1ccc2ccccc2c1C1Nc2ccc(Nc3ccccc3)cc2C2C=CCC21. The maximum absolute atomic E-state index is 10.9. The monoisotopic (exact) mass is 404 g/mol. The number of hydrogen-bond donors (Lipinski definition) is 3. The molecule has 3 heteroatoms. The zero-order chi connectivity index (χ0) is 20.8. The van der Waals surface area contributed by atoms with Gasteiger partial charge >= 0.3 is 0 Å². The molecule has 2 aliphatic rings. The summed E-state index contributed by atoms with van der Waals surface area (Å²) in [4.78, 5) is 0. The quantitative estimate of drug-likeness (QED) is 0.319. The van der Waals surface area contributed by atoms with Gasteiger partial charge in [0.2, 0.25) is 0 Å². The van der Waals surface area contributed by atoms with E-state index in [2.05, 4.69) is 65.3 Å². The van der Waals surface area contributed by atoms with Crippen LogP contribution in [0.5, 0.6) is 5.75 Å². The van der Waals surface area contributed by atoms with Crippen LogP contribution in [0.15, 0.2) is 97.1 Å². The third-order valence-electron chi connectivity index (χ3n) is 6.68. The van der Waals surface area contributed by atoms with Gasteiger partial charge in [-0.15, -0.1) is 0 Å². The van der Waals surface area contributed by atoms with Gasteiger partial charge in [0, 0.05) is 28.5 Å². The second-order valence-corrected chi connectivity index (χ2v) is 8.49. The predicted molar refractivity (Wildman–Crippen MR) is 128 cm³/mol. The molecule has 31 heavy (non-hydrogen) atoms. The molecule has 0 aromatic heterocycles. The highest BCUT2D eigenvalue weighted by Crippen LogP contribution is 2.52. The summed E-state index contributed by atoms with van der Waals surface area (Å²) in [6.07, 6.45) is 5.63. The molecule has 152 valence electrons. The minimum atomic E-state index is 0.0616. The number of phenolic OH excluding ortho intramolecular Hbond substituents is 1. The summed E-state index contributed by atoms with van der Waals surface area (Å²) >= 11 is 0. The number of para-hydroxylation sites is 1. The van der Waals surface area contributed by atoms with Crippen molar-refractivity contribution in [3.05, 3.63) is 108 Å². The van der Waals surface area contributed by atoms with E-state index in [-0.39, 0.29) is 6.04 Å². The van der Waals surface area contributed by atoms with E-state index >= 15 is 0 Å². The standard InChI is InChI=1S/C28H24N2O/c31-26-16-13-18-7-4-5-10-21(18)27(26)28-23-12-6-11-22(23)24-17-20(14-15-25(24)30-28)29-19-8-2-1-3-9-19/h1-11,13-17,22-23,28-31H,12H2. The Morgan fingerprint density at radius 3 is 2.58 bits per heavy atom. The number of nitrogens with one attached hydrogen (secondary N) is 2. The molecule has 0 amide bonds. The van der Waals surface area contributed by atoms with E-state index < -0.39 is 0 Å². The Morgan fingerprint density at radius 1 is 0.839 bits per heavy atom. The molecular formula is C28H24N2O. The van der Waals surface area contributed by atoms with Crippen LogP contribution in [0.2, 0.25) is 0 Å². The largest absolute Gasteiger partial charge is 0.508 e. The van der Waals surface area contributed by atoms with E-state index in [1.165, 1.54) is 5.56 Å². The highest BCUT2D eigenvalue weighted by Gasteiger charge is 2.39. The molecule has 1 aliphatic carbocycles. The van der Waals surface area contributed by atoms with Gasteiger partial charge in [-0.1, -0.05) is 60.7 Å². The predicted octanol–water partition coefficient (Wildman–Crippen LogP) is 7.12. The minimum absolute atomic E-state index is 0.0616. The average Bonchev–Trinajstić information content (AvgIpc) is 3.30. The van der Waals surface area contributed by atoms with Crippen molar-refractivity contribution in [3.8, 4) is 5.75 Å². The number of benzene rings is 4. The van der Waals surface area contributed by atoms with Gasteiger partial charge in [0.1, 0.15) is 5.75 Å². The van der Waals surface area contributed by atoms with Crippen LogP contribution in [0.25, 0.3) is 10.8 Å². The molecule has 0 bridgehead atoms. The Morgan fingerprint density at radius 2 is 1.68 bits per heavy atom. The van der Waals surface area contributed by atoms with Crippen molar-refractivity contribution < 1.29 is 5.11 Å². The molecule has 1 aliphatic heterocycles. The summed E-state index contributed by atoms with van der Waals surface area (Å²) in [6, 6.07) is 29.0. The van der Waals surface area contributed by atoms with Crippen LogP contribution in [0.1, 0.15) is 29.5 Å². The zero-order valence-corrected chi connectivity index (χ0v) is 17.1. The number of hydrogen-bond acceptors (Lipinski definition) is 3. The van der Waals surface area contributed by atoms with E-state index in [9.17, 15) is 5.11 Å². The third kappa shape index (κ3) is 3.05. The van der Waals surface area contributed by atoms with Crippen molar-refractivity contribution in [3.63, 3.8) is 0 Å². The molecular weight excluding hydrogens is 380 g/mol. The summed E-state index contributed by atoms with van der Waals surface area (Å²) in [5.41, 5.74) is 5.65. The highest BCUT2D eigenvalue weighted by molar-refractivity contribution is 5.89. The first-order chi connectivity index (χ1) is 15.3. The fourth-order valence-electron chi connectivity index (χ4n) is 5.26. The number of phenols is 1. The maximum atomic E-state index is 10.9. The highest BCUT2D eigenvalue weighted by atomic mass is 16.3. The number of allylic oxidation sites excluding steroid dienone is 2. The fraction of sp³-hybridized carbons (Fsp3) is 0.143. The zero-order valence-electron chi connectivity index (χ0n) is 17.1. The first-order valence-corrected chi connectivity index (χ1v) is 10.9. The Bertz CT molecular complexity index is 1300. The van der Waals surface area contributed by atoms with Crippen LogP contribution in [0.4, 0.5) is 17.1 Å². The van der Waals surface area contributed by atoms with Crippen molar-refractivity contribution in [2.45, 2.75) is 18.4 Å². The number of aromatic hydroxyl groups is 1. The van der Waals surface area contributed by atoms with E-state index in [1.807, 2.05) is 42.5 Å². The molecule has 0 saturated carbocycles. The van der Waals surface area contributed by atoms with Crippen LogP contribution in [-0.4, -0.2) is 5.11 Å². The van der Waals surface area contributed by atoms with Crippen molar-refractivity contribution in [1.29, 1.82) is 0 Å². The van der Waals surface area contributed by atoms with Gasteiger partial charge in [-0.3, -0.25) is 0 Å². The lowest BCUT2D eigenvalue weighted by Crippen LogP contribution is -2.29. The van der Waals surface area contributed by atoms with Crippen molar-refractivity contribution in [2.75, 3.05) is 10.6 Å². The minimum Gasteiger partial charge on any atom is -0.508 e. The summed E-state index contributed by atoms with van der Waals surface area (Å²) < 4.78 is 0. The molecule has 3 N–H and O–H groups in total. The molecule has 0 radical (unpaired) electrons. The fourth-order valence-corrected chi connectivity index (χ4v) is 5.26. The summed E-state index contributed by atoms with van der Waals surface area (Å²) in [6.45, 7) is 0. The molecule has 0 spiro atoms. The Hall–Kier alpha value is -3.72. The van der Waals surface area contributed by atoms with Gasteiger partial charge in [0.25, 0.3) is 0 Å². The molecule has 0 fully saturated rings. The first kappa shape index (κ1) is 18.1. The Labute approximate surface area is 182 Å². The maximum Gasteiger partial charge on any atom is 0.121 e. The smallest absolute Gasteiger partial charge is 0.121 e. The lowest BCUT2D eigenvalue weighted by Gasteiger charge is -2.38. The topological polar surface area (TPSA) is 44.3 Å². The van der Waals surface area contributed by atoms with E-state index in [0.717, 1.165) is 39.8 Å². The molecule has 1 heterocycles. The summed E-state index contributed by atoms with van der Waals surface area (Å²) in [5, 5.41) is 20.4. The molecule has 4 aromatic carbocycles. The lowest BCUT2D eigenvalue weighted by molar-refractivity contribution is 0.405. The molecule has 4 aromatic rings. The van der Waals surface area contributed by atoms with Crippen LogP contribution in [0, 0.1) is 5.92 Å². The molecule has 0 saturated heterocycles. The molecule has 3 unspecified atom stereocenters. The number of anilines is 3. The second-order valence-electron chi connectivity index (χ2n) is 8.49. The van der Waals surface area contributed by atoms with Crippen molar-refractivity contribution >= 4 is 27.8 Å². The van der Waals surface area contributed by atoms with Gasteiger partial charge in [-0.05, 0) is 65.1 Å². The van der Waals surface area contributed by atoms with Gasteiger partial charge < -0.3 is 15.7 Å². The van der Waals surface area contributed by atoms with E-state index in [1.54, 1.807) is 0 Å². The van der Waals surface area contributed by atoms with Crippen LogP contribution < -0.4 is 10.6 Å². The van der Waals surface area contributed by atoms with Gasteiger partial charge in [0.05, 0.1) is 6.04 Å². The van der Waals surface area contributed by atoms with E-state index in [4.69, 9.17) is 0 Å². The van der Waals surface area contributed by atoms with Crippen LogP contribution in [-0.2, 0) is 0 Å². The Balaban J connectivity index is 1.42. The Kier molecular flexibility index (Phi) is 4.20. The molecule has 6 rings (SSSR count). The average molecular weight is 405 g/mol. The molecule has 3 nitrogen and oxygen atoms in total. The second kappa shape index (κ2) is 7.21. The molecule has 3 atom stereocenters. The summed E-state index contributed by atoms with van der Waals surface area (Å²) in [5.74, 6) is 1.07. The van der Waals surface area contributed by atoms with Crippen LogP contribution >= 0.6 is 0 Å². The van der Waals surface area contributed by atoms with Gasteiger partial charge in [-0.2, -0.15) is 0 Å².